The minimum absolute atomic E-state index is 0.144. The Labute approximate surface area is 173 Å². The Kier molecular flexibility index (Phi) is 7.56. The van der Waals surface area contributed by atoms with E-state index in [4.69, 9.17) is 23.7 Å². The van der Waals surface area contributed by atoms with Gasteiger partial charge in [-0.2, -0.15) is 0 Å². The van der Waals surface area contributed by atoms with E-state index in [9.17, 15) is 5.11 Å². The summed E-state index contributed by atoms with van der Waals surface area (Å²) in [4.78, 5) is 0. The quantitative estimate of drug-likeness (QED) is 0.744. The maximum Gasteiger partial charge on any atom is 0.158 e. The molecule has 3 aliphatic heterocycles. The van der Waals surface area contributed by atoms with Gasteiger partial charge in [0.15, 0.2) is 12.6 Å². The maximum atomic E-state index is 11.4. The fourth-order valence-electron chi connectivity index (χ4n) is 4.40. The first-order valence-electron chi connectivity index (χ1n) is 11.1. The van der Waals surface area contributed by atoms with Crippen LogP contribution in [0.2, 0.25) is 0 Å². The van der Waals surface area contributed by atoms with E-state index >= 15 is 0 Å². The summed E-state index contributed by atoms with van der Waals surface area (Å²) < 4.78 is 29.1. The van der Waals surface area contributed by atoms with Crippen LogP contribution in [0.15, 0.2) is 18.2 Å². The van der Waals surface area contributed by atoms with Crippen molar-refractivity contribution in [3.05, 3.63) is 34.9 Å². The normalized spacial score (nSPS) is 27.6. The summed E-state index contributed by atoms with van der Waals surface area (Å²) in [5.41, 5.74) is 2.11. The second-order valence-electron chi connectivity index (χ2n) is 8.30. The summed E-state index contributed by atoms with van der Waals surface area (Å²) in [7, 11) is 0. The topological polar surface area (TPSA) is 66.4 Å². The van der Waals surface area contributed by atoms with Gasteiger partial charge >= 0.3 is 0 Å². The molecule has 1 aromatic rings. The van der Waals surface area contributed by atoms with Gasteiger partial charge in [0.2, 0.25) is 0 Å². The van der Waals surface area contributed by atoms with Crippen molar-refractivity contribution in [3.8, 4) is 0 Å². The Morgan fingerprint density at radius 2 is 1.52 bits per heavy atom. The summed E-state index contributed by atoms with van der Waals surface area (Å²) in [6.45, 7) is 3.52. The van der Waals surface area contributed by atoms with Crippen LogP contribution < -0.4 is 0 Å². The second kappa shape index (κ2) is 10.3. The van der Waals surface area contributed by atoms with Crippen LogP contribution in [0.25, 0.3) is 0 Å². The molecule has 162 valence electrons. The highest BCUT2D eigenvalue weighted by Gasteiger charge is 2.34. The van der Waals surface area contributed by atoms with Crippen LogP contribution in [0.5, 0.6) is 0 Å². The number of aliphatic hydroxyl groups is 1. The molecule has 3 aliphatic rings. The van der Waals surface area contributed by atoms with Crippen LogP contribution in [0.4, 0.5) is 0 Å². The molecule has 0 amide bonds. The molecule has 3 saturated heterocycles. The summed E-state index contributed by atoms with van der Waals surface area (Å²) in [5, 5.41) is 11.4. The zero-order valence-corrected chi connectivity index (χ0v) is 17.3. The summed E-state index contributed by atoms with van der Waals surface area (Å²) >= 11 is 0. The molecule has 3 fully saturated rings. The molecule has 6 nitrogen and oxygen atoms in total. The fourth-order valence-corrected chi connectivity index (χ4v) is 4.40. The van der Waals surface area contributed by atoms with Gasteiger partial charge in [-0.1, -0.05) is 18.2 Å². The van der Waals surface area contributed by atoms with Crippen LogP contribution in [0.3, 0.4) is 0 Å². The lowest BCUT2D eigenvalue weighted by molar-refractivity contribution is -0.173. The molecule has 1 N–H and O–H groups in total. The van der Waals surface area contributed by atoms with Gasteiger partial charge in [0, 0.05) is 39.3 Å². The molecule has 4 rings (SSSR count). The van der Waals surface area contributed by atoms with Gasteiger partial charge in [0.05, 0.1) is 18.8 Å². The number of ether oxygens (including phenoxy) is 5. The average Bonchev–Trinajstić information content (AvgIpc) is 2.78. The molecule has 0 saturated carbocycles. The predicted octanol–water partition coefficient (Wildman–Crippen LogP) is 3.77. The lowest BCUT2D eigenvalue weighted by atomic mass is 9.82. The van der Waals surface area contributed by atoms with E-state index in [-0.39, 0.29) is 12.6 Å². The highest BCUT2D eigenvalue weighted by atomic mass is 16.7. The number of benzene rings is 1. The van der Waals surface area contributed by atoms with Gasteiger partial charge in [-0.05, 0) is 55.2 Å². The van der Waals surface area contributed by atoms with Crippen molar-refractivity contribution in [2.75, 3.05) is 26.4 Å². The first-order valence-corrected chi connectivity index (χ1v) is 11.1. The highest BCUT2D eigenvalue weighted by Crippen LogP contribution is 2.36. The number of hydrogen-bond donors (Lipinski definition) is 1. The van der Waals surface area contributed by atoms with Crippen LogP contribution >= 0.6 is 0 Å². The maximum absolute atomic E-state index is 11.4. The van der Waals surface area contributed by atoms with E-state index in [0.29, 0.717) is 39.3 Å². The Bertz CT molecular complexity index is 630. The van der Waals surface area contributed by atoms with E-state index in [1.165, 1.54) is 0 Å². The van der Waals surface area contributed by atoms with Crippen molar-refractivity contribution in [1.29, 1.82) is 0 Å². The molecule has 0 bridgehead atoms. The van der Waals surface area contributed by atoms with E-state index < -0.39 is 5.60 Å². The molecule has 0 aromatic heterocycles. The minimum Gasteiger partial charge on any atom is -0.385 e. The second-order valence-corrected chi connectivity index (χ2v) is 8.30. The largest absolute Gasteiger partial charge is 0.385 e. The molecule has 0 aliphatic carbocycles. The Morgan fingerprint density at radius 3 is 2.14 bits per heavy atom. The predicted molar refractivity (Wildman–Crippen MR) is 107 cm³/mol. The molecule has 0 spiro atoms. The SMILES string of the molecule is OC1(c2cccc(COC3CCCCO3)c2COC2CCCCO2)CCOCC1. The van der Waals surface area contributed by atoms with E-state index in [0.717, 1.165) is 68.4 Å². The van der Waals surface area contributed by atoms with Gasteiger partial charge in [-0.25, -0.2) is 0 Å². The van der Waals surface area contributed by atoms with E-state index in [2.05, 4.69) is 6.07 Å². The van der Waals surface area contributed by atoms with E-state index in [1.54, 1.807) is 0 Å². The highest BCUT2D eigenvalue weighted by molar-refractivity contribution is 5.39. The summed E-state index contributed by atoms with van der Waals surface area (Å²) in [5.74, 6) is 0. The standard InChI is InChI=1S/C23H34O6/c24-23(10-14-25-15-11-23)20-7-5-6-18(16-28-21-8-1-3-12-26-21)19(20)17-29-22-9-2-4-13-27-22/h5-7,21-22,24H,1-4,8-17H2. The van der Waals surface area contributed by atoms with Gasteiger partial charge < -0.3 is 28.8 Å². The van der Waals surface area contributed by atoms with Crippen molar-refractivity contribution in [1.82, 2.24) is 0 Å². The molecule has 0 radical (unpaired) electrons. The first-order chi connectivity index (χ1) is 14.2. The van der Waals surface area contributed by atoms with Gasteiger partial charge in [0.25, 0.3) is 0 Å². The smallest absolute Gasteiger partial charge is 0.158 e. The lowest BCUT2D eigenvalue weighted by Crippen LogP contribution is -2.35. The molecule has 2 atom stereocenters. The average molecular weight is 407 g/mol. The first kappa shape index (κ1) is 21.2. The summed E-state index contributed by atoms with van der Waals surface area (Å²) in [6, 6.07) is 6.09. The van der Waals surface area contributed by atoms with Crippen molar-refractivity contribution in [2.45, 2.75) is 82.8 Å². The fraction of sp³-hybridized carbons (Fsp3) is 0.739. The molecule has 1 aromatic carbocycles. The summed E-state index contributed by atoms with van der Waals surface area (Å²) in [6.07, 6.45) is 7.19. The van der Waals surface area contributed by atoms with Crippen molar-refractivity contribution in [3.63, 3.8) is 0 Å². The van der Waals surface area contributed by atoms with Crippen molar-refractivity contribution in [2.24, 2.45) is 0 Å². The van der Waals surface area contributed by atoms with Gasteiger partial charge in [0.1, 0.15) is 0 Å². The number of rotatable bonds is 7. The molecular formula is C23H34O6. The third kappa shape index (κ3) is 5.57. The molecule has 6 heteroatoms. The molecule has 29 heavy (non-hydrogen) atoms. The third-order valence-corrected chi connectivity index (χ3v) is 6.21. The Hall–Kier alpha value is -1.02. The molecule has 2 unspecified atom stereocenters. The van der Waals surface area contributed by atoms with Crippen molar-refractivity contribution >= 4 is 0 Å². The van der Waals surface area contributed by atoms with E-state index in [1.807, 2.05) is 12.1 Å². The Balaban J connectivity index is 1.52. The Morgan fingerprint density at radius 1 is 0.862 bits per heavy atom. The monoisotopic (exact) mass is 406 g/mol. The minimum atomic E-state index is -0.887. The van der Waals surface area contributed by atoms with Crippen LogP contribution in [0.1, 0.15) is 68.1 Å². The van der Waals surface area contributed by atoms with Gasteiger partial charge in [-0.3, -0.25) is 0 Å². The van der Waals surface area contributed by atoms with Gasteiger partial charge in [-0.15, -0.1) is 0 Å². The molecule has 3 heterocycles. The van der Waals surface area contributed by atoms with Crippen LogP contribution in [0, 0.1) is 0 Å². The van der Waals surface area contributed by atoms with Crippen molar-refractivity contribution < 1.29 is 28.8 Å². The molecular weight excluding hydrogens is 372 g/mol. The van der Waals surface area contributed by atoms with Crippen LogP contribution in [-0.4, -0.2) is 44.1 Å². The number of hydrogen-bond acceptors (Lipinski definition) is 6. The zero-order valence-electron chi connectivity index (χ0n) is 17.3. The third-order valence-electron chi connectivity index (χ3n) is 6.21. The zero-order chi connectivity index (χ0) is 19.9. The lowest BCUT2D eigenvalue weighted by Gasteiger charge is -2.35. The van der Waals surface area contributed by atoms with Crippen LogP contribution in [-0.2, 0) is 42.5 Å².